The van der Waals surface area contributed by atoms with Crippen LogP contribution >= 0.6 is 46.1 Å². The molecule has 3 aromatic rings. The molecule has 1 amide bonds. The zero-order chi connectivity index (χ0) is 22.2. The fourth-order valence-corrected chi connectivity index (χ4v) is 6.84. The lowest BCUT2D eigenvalue weighted by atomic mass is 9.99. The van der Waals surface area contributed by atoms with Gasteiger partial charge in [0.15, 0.2) is 0 Å². The second-order valence-electron chi connectivity index (χ2n) is 6.79. The molecular weight excluding hydrogens is 507 g/mol. The van der Waals surface area contributed by atoms with Crippen molar-refractivity contribution in [1.82, 2.24) is 14.5 Å². The van der Waals surface area contributed by atoms with Crippen LogP contribution in [0.4, 0.5) is 6.01 Å². The van der Waals surface area contributed by atoms with Crippen molar-refractivity contribution >= 4 is 68.1 Å². The Morgan fingerprint density at radius 3 is 2.71 bits per heavy atom. The summed E-state index contributed by atoms with van der Waals surface area (Å²) in [6.45, 7) is 0.384. The minimum atomic E-state index is -3.71. The molecule has 2 aromatic heterocycles. The summed E-state index contributed by atoms with van der Waals surface area (Å²) in [5.41, 5.74) is 0.476. The number of halogens is 3. The van der Waals surface area contributed by atoms with Gasteiger partial charge >= 0.3 is 6.01 Å². The number of amides is 1. The van der Waals surface area contributed by atoms with E-state index < -0.39 is 21.8 Å². The van der Waals surface area contributed by atoms with Gasteiger partial charge in [0.2, 0.25) is 5.91 Å². The predicted octanol–water partition coefficient (Wildman–Crippen LogP) is 4.80. The highest BCUT2D eigenvalue weighted by Crippen LogP contribution is 2.32. The topological polar surface area (TPSA) is 105 Å². The molecule has 1 saturated heterocycles. The van der Waals surface area contributed by atoms with E-state index in [1.807, 2.05) is 0 Å². The third-order valence-electron chi connectivity index (χ3n) is 4.71. The summed E-state index contributed by atoms with van der Waals surface area (Å²) in [5.74, 6) is -0.839. The van der Waals surface area contributed by atoms with Crippen LogP contribution in [0, 0.1) is 5.92 Å². The first-order valence-corrected chi connectivity index (χ1v) is 12.5. The van der Waals surface area contributed by atoms with Gasteiger partial charge in [-0.15, -0.1) is 16.4 Å². The summed E-state index contributed by atoms with van der Waals surface area (Å²) >= 11 is 18.9. The fourth-order valence-electron chi connectivity index (χ4n) is 3.19. The summed E-state index contributed by atoms with van der Waals surface area (Å²) in [7, 11) is -3.71. The molecular formula is C18H15Cl3N4O4S2. The van der Waals surface area contributed by atoms with Crippen LogP contribution in [-0.4, -0.2) is 41.9 Å². The van der Waals surface area contributed by atoms with Gasteiger partial charge in [0.05, 0.1) is 20.8 Å². The van der Waals surface area contributed by atoms with Crippen LogP contribution in [0.15, 0.2) is 39.0 Å². The number of sulfonamides is 1. The third kappa shape index (κ3) is 4.89. The van der Waals surface area contributed by atoms with Gasteiger partial charge < -0.3 is 4.42 Å². The van der Waals surface area contributed by atoms with Gasteiger partial charge in [-0.3, -0.25) is 10.1 Å². The number of anilines is 1. The molecule has 0 aliphatic carbocycles. The van der Waals surface area contributed by atoms with E-state index in [2.05, 4.69) is 15.5 Å². The Morgan fingerprint density at radius 2 is 2.00 bits per heavy atom. The largest absolute Gasteiger partial charge is 0.403 e. The Hall–Kier alpha value is -1.69. The highest BCUT2D eigenvalue weighted by Gasteiger charge is 2.34. The van der Waals surface area contributed by atoms with Gasteiger partial charge in [-0.05, 0) is 43.2 Å². The van der Waals surface area contributed by atoms with Crippen molar-refractivity contribution in [2.75, 3.05) is 18.4 Å². The van der Waals surface area contributed by atoms with Crippen LogP contribution < -0.4 is 5.32 Å². The number of hydrogen-bond acceptors (Lipinski definition) is 7. The van der Waals surface area contributed by atoms with Gasteiger partial charge in [-0.2, -0.15) is 4.31 Å². The molecule has 13 heteroatoms. The summed E-state index contributed by atoms with van der Waals surface area (Å²) in [6.07, 6.45) is 1.08. The van der Waals surface area contributed by atoms with Crippen LogP contribution in [-0.2, 0) is 14.8 Å². The predicted molar refractivity (Wildman–Crippen MR) is 119 cm³/mol. The normalized spacial score (nSPS) is 17.6. The van der Waals surface area contributed by atoms with Crippen LogP contribution in [0.2, 0.25) is 14.4 Å². The number of carbonyl (C=O) groups excluding carboxylic acids is 1. The minimum absolute atomic E-state index is 0.0493. The summed E-state index contributed by atoms with van der Waals surface area (Å²) < 4.78 is 33.0. The zero-order valence-electron chi connectivity index (χ0n) is 15.7. The van der Waals surface area contributed by atoms with E-state index in [4.69, 9.17) is 39.2 Å². The Balaban J connectivity index is 1.45. The molecule has 164 valence electrons. The highest BCUT2D eigenvalue weighted by molar-refractivity contribution is 7.91. The molecule has 1 unspecified atom stereocenters. The van der Waals surface area contributed by atoms with E-state index in [0.29, 0.717) is 39.3 Å². The molecule has 1 aliphatic heterocycles. The molecule has 1 aliphatic rings. The SMILES string of the molecule is O=C(Nc1nnc(-c2ccc(Cl)cc2Cl)o1)C1CCCN(S(=O)(=O)c2ccc(Cl)s2)C1. The van der Waals surface area contributed by atoms with Crippen molar-refractivity contribution in [3.05, 3.63) is 44.7 Å². The molecule has 1 atom stereocenters. The standard InChI is InChI=1S/C18H15Cl3N4O4S2/c19-11-3-4-12(13(20)8-11)17-23-24-18(29-17)22-16(26)10-2-1-7-25(9-10)31(27,28)15-6-5-14(21)30-15/h3-6,8,10H,1-2,7,9H2,(H,22,24,26). The molecule has 1 aromatic carbocycles. The van der Waals surface area contributed by atoms with Gasteiger partial charge in [-0.1, -0.05) is 39.9 Å². The monoisotopic (exact) mass is 520 g/mol. The summed E-state index contributed by atoms with van der Waals surface area (Å²) in [4.78, 5) is 12.7. The lowest BCUT2D eigenvalue weighted by molar-refractivity contribution is -0.121. The van der Waals surface area contributed by atoms with Crippen molar-refractivity contribution in [2.45, 2.75) is 17.1 Å². The van der Waals surface area contributed by atoms with Gasteiger partial charge in [0, 0.05) is 18.1 Å². The van der Waals surface area contributed by atoms with Crippen LogP contribution in [0.25, 0.3) is 11.5 Å². The molecule has 1 N–H and O–H groups in total. The molecule has 4 rings (SSSR count). The average Bonchev–Trinajstić information content (AvgIpc) is 3.37. The first-order chi connectivity index (χ1) is 14.7. The number of nitrogens with one attached hydrogen (secondary N) is 1. The summed E-state index contributed by atoms with van der Waals surface area (Å²) in [5, 5.41) is 11.1. The quantitative estimate of drug-likeness (QED) is 0.517. The van der Waals surface area contributed by atoms with Gasteiger partial charge in [0.1, 0.15) is 4.21 Å². The third-order valence-corrected chi connectivity index (χ3v) is 8.83. The molecule has 3 heterocycles. The number of carbonyl (C=O) groups is 1. The number of benzene rings is 1. The zero-order valence-corrected chi connectivity index (χ0v) is 19.6. The van der Waals surface area contributed by atoms with E-state index in [1.54, 1.807) is 18.2 Å². The number of thiophene rings is 1. The molecule has 1 fully saturated rings. The lowest BCUT2D eigenvalue weighted by Crippen LogP contribution is -2.43. The van der Waals surface area contributed by atoms with Crippen molar-refractivity contribution in [3.8, 4) is 11.5 Å². The van der Waals surface area contributed by atoms with E-state index in [0.717, 1.165) is 11.3 Å². The second kappa shape index (κ2) is 9.05. The second-order valence-corrected chi connectivity index (χ2v) is 11.5. The van der Waals surface area contributed by atoms with Crippen LogP contribution in [0.1, 0.15) is 12.8 Å². The minimum Gasteiger partial charge on any atom is -0.403 e. The summed E-state index contributed by atoms with van der Waals surface area (Å²) in [6, 6.07) is 7.70. The van der Waals surface area contributed by atoms with Crippen LogP contribution in [0.3, 0.4) is 0 Å². The number of piperidine rings is 1. The maximum absolute atomic E-state index is 12.8. The molecule has 31 heavy (non-hydrogen) atoms. The smallest absolute Gasteiger partial charge is 0.322 e. The van der Waals surface area contributed by atoms with Crippen molar-refractivity contribution < 1.29 is 17.6 Å². The molecule has 8 nitrogen and oxygen atoms in total. The van der Waals surface area contributed by atoms with Crippen LogP contribution in [0.5, 0.6) is 0 Å². The Bertz CT molecular complexity index is 1230. The highest BCUT2D eigenvalue weighted by atomic mass is 35.5. The first kappa shape index (κ1) is 22.5. The fraction of sp³-hybridized carbons (Fsp3) is 0.278. The Labute approximate surface area is 197 Å². The Morgan fingerprint density at radius 1 is 1.19 bits per heavy atom. The van der Waals surface area contributed by atoms with E-state index in [9.17, 15) is 13.2 Å². The van der Waals surface area contributed by atoms with E-state index in [1.165, 1.54) is 16.4 Å². The number of rotatable bonds is 5. The maximum atomic E-state index is 12.8. The van der Waals surface area contributed by atoms with Gasteiger partial charge in [0.25, 0.3) is 15.9 Å². The molecule has 0 bridgehead atoms. The number of aromatic nitrogens is 2. The van der Waals surface area contributed by atoms with Crippen molar-refractivity contribution in [3.63, 3.8) is 0 Å². The molecule has 0 saturated carbocycles. The molecule has 0 radical (unpaired) electrons. The van der Waals surface area contributed by atoms with Gasteiger partial charge in [-0.25, -0.2) is 8.42 Å². The average molecular weight is 522 g/mol. The maximum Gasteiger partial charge on any atom is 0.322 e. The number of nitrogens with zero attached hydrogens (tertiary/aromatic N) is 3. The van der Waals surface area contributed by atoms with Crippen molar-refractivity contribution in [2.24, 2.45) is 5.92 Å². The van der Waals surface area contributed by atoms with E-state index >= 15 is 0 Å². The molecule has 0 spiro atoms. The van der Waals surface area contributed by atoms with E-state index in [-0.39, 0.29) is 22.7 Å². The number of hydrogen-bond donors (Lipinski definition) is 1. The lowest BCUT2D eigenvalue weighted by Gasteiger charge is -2.30. The first-order valence-electron chi connectivity index (χ1n) is 9.09. The Kier molecular flexibility index (Phi) is 6.57. The van der Waals surface area contributed by atoms with Crippen molar-refractivity contribution in [1.29, 1.82) is 0 Å².